The molecule has 1 aromatic rings. The van der Waals surface area contributed by atoms with E-state index in [-0.39, 0.29) is 11.8 Å². The van der Waals surface area contributed by atoms with Crippen molar-refractivity contribution in [2.24, 2.45) is 0 Å². The number of nitrogens with one attached hydrogen (secondary N) is 1. The largest absolute Gasteiger partial charge is 0.451 e. The zero-order valence-electron chi connectivity index (χ0n) is 7.97. The van der Waals surface area contributed by atoms with Gasteiger partial charge in [-0.3, -0.25) is 0 Å². The summed E-state index contributed by atoms with van der Waals surface area (Å²) < 4.78 is 41.4. The molecule has 2 rings (SSSR count). The summed E-state index contributed by atoms with van der Waals surface area (Å²) in [7, 11) is 0. The van der Waals surface area contributed by atoms with E-state index in [9.17, 15) is 13.2 Å². The van der Waals surface area contributed by atoms with Crippen LogP contribution in [0.15, 0.2) is 10.6 Å². The highest BCUT2D eigenvalue weighted by Gasteiger charge is 2.36. The first-order chi connectivity index (χ1) is 7.07. The van der Waals surface area contributed by atoms with E-state index in [2.05, 4.69) is 10.3 Å². The van der Waals surface area contributed by atoms with Crippen molar-refractivity contribution in [2.45, 2.75) is 24.9 Å². The number of halogens is 3. The van der Waals surface area contributed by atoms with E-state index in [1.165, 1.54) is 0 Å². The summed E-state index contributed by atoms with van der Waals surface area (Å²) >= 11 is 0. The van der Waals surface area contributed by atoms with Gasteiger partial charge < -0.3 is 9.73 Å². The zero-order chi connectivity index (χ0) is 10.9. The Morgan fingerprint density at radius 2 is 2.27 bits per heavy atom. The molecule has 1 aliphatic heterocycles. The Morgan fingerprint density at radius 3 is 2.80 bits per heavy atom. The molecule has 15 heavy (non-hydrogen) atoms. The molecule has 1 aliphatic rings. The van der Waals surface area contributed by atoms with E-state index in [1.807, 2.05) is 0 Å². The minimum absolute atomic E-state index is 0.0325. The lowest BCUT2D eigenvalue weighted by Crippen LogP contribution is -2.28. The summed E-state index contributed by atoms with van der Waals surface area (Å²) in [5.74, 6) is -0.854. The SMILES string of the molecule is FC(F)(F)c1cnc(C2CCCNC2)o1. The number of aromatic nitrogens is 1. The minimum atomic E-state index is -4.44. The van der Waals surface area contributed by atoms with E-state index in [1.54, 1.807) is 0 Å². The van der Waals surface area contributed by atoms with Crippen molar-refractivity contribution in [1.29, 1.82) is 0 Å². The van der Waals surface area contributed by atoms with E-state index in [4.69, 9.17) is 4.42 Å². The molecule has 0 aliphatic carbocycles. The van der Waals surface area contributed by atoms with Gasteiger partial charge in [-0.25, -0.2) is 4.98 Å². The molecule has 0 bridgehead atoms. The standard InChI is InChI=1S/C9H11F3N2O/c10-9(11,12)7-5-14-8(15-7)6-2-1-3-13-4-6/h5-6,13H,1-4H2. The third kappa shape index (κ3) is 2.31. The van der Waals surface area contributed by atoms with Gasteiger partial charge in [0.15, 0.2) is 5.89 Å². The molecule has 1 atom stereocenters. The highest BCUT2D eigenvalue weighted by molar-refractivity contribution is 5.03. The maximum atomic E-state index is 12.2. The lowest BCUT2D eigenvalue weighted by molar-refractivity contribution is -0.153. The Labute approximate surface area is 84.7 Å². The van der Waals surface area contributed by atoms with Crippen LogP contribution in [0.25, 0.3) is 0 Å². The summed E-state index contributed by atoms with van der Waals surface area (Å²) in [4.78, 5) is 3.68. The number of oxazole rings is 1. The second-order valence-electron chi connectivity index (χ2n) is 3.60. The molecule has 1 fully saturated rings. The topological polar surface area (TPSA) is 38.1 Å². The van der Waals surface area contributed by atoms with Crippen molar-refractivity contribution in [3.05, 3.63) is 17.8 Å². The van der Waals surface area contributed by atoms with E-state index >= 15 is 0 Å². The third-order valence-electron chi connectivity index (χ3n) is 2.45. The Morgan fingerprint density at radius 1 is 1.47 bits per heavy atom. The van der Waals surface area contributed by atoms with Gasteiger partial charge in [0.2, 0.25) is 5.76 Å². The molecule has 3 nitrogen and oxygen atoms in total. The van der Waals surface area contributed by atoms with Crippen LogP contribution < -0.4 is 5.32 Å². The van der Waals surface area contributed by atoms with Crippen molar-refractivity contribution in [3.8, 4) is 0 Å². The zero-order valence-corrected chi connectivity index (χ0v) is 7.97. The summed E-state index contributed by atoms with van der Waals surface area (Å²) in [6.07, 6.45) is -1.92. The van der Waals surface area contributed by atoms with Crippen LogP contribution in [0.5, 0.6) is 0 Å². The number of alkyl halides is 3. The monoisotopic (exact) mass is 220 g/mol. The van der Waals surface area contributed by atoms with Crippen LogP contribution in [0.1, 0.15) is 30.4 Å². The molecule has 6 heteroatoms. The van der Waals surface area contributed by atoms with E-state index in [0.29, 0.717) is 6.54 Å². The van der Waals surface area contributed by atoms with Crippen LogP contribution in [0.4, 0.5) is 13.2 Å². The van der Waals surface area contributed by atoms with Crippen molar-refractivity contribution >= 4 is 0 Å². The predicted molar refractivity (Wildman–Crippen MR) is 46.3 cm³/mol. The molecule has 0 amide bonds. The predicted octanol–water partition coefficient (Wildman–Crippen LogP) is 2.16. The van der Waals surface area contributed by atoms with Gasteiger partial charge in [-0.15, -0.1) is 0 Å². The average molecular weight is 220 g/mol. The van der Waals surface area contributed by atoms with Gasteiger partial charge >= 0.3 is 6.18 Å². The van der Waals surface area contributed by atoms with Gasteiger partial charge in [0.05, 0.1) is 6.20 Å². The molecule has 1 saturated heterocycles. The van der Waals surface area contributed by atoms with E-state index in [0.717, 1.165) is 25.6 Å². The van der Waals surface area contributed by atoms with Crippen molar-refractivity contribution in [2.75, 3.05) is 13.1 Å². The second kappa shape index (κ2) is 3.84. The normalized spacial score (nSPS) is 23.0. The van der Waals surface area contributed by atoms with Gasteiger partial charge in [-0.2, -0.15) is 13.2 Å². The molecule has 2 heterocycles. The highest BCUT2D eigenvalue weighted by Crippen LogP contribution is 2.32. The fourth-order valence-corrected chi connectivity index (χ4v) is 1.67. The van der Waals surface area contributed by atoms with Crippen LogP contribution in [-0.2, 0) is 6.18 Å². The fraction of sp³-hybridized carbons (Fsp3) is 0.667. The summed E-state index contributed by atoms with van der Waals surface area (Å²) in [5.41, 5.74) is 0. The maximum absolute atomic E-state index is 12.2. The number of nitrogens with zero attached hydrogens (tertiary/aromatic N) is 1. The minimum Gasteiger partial charge on any atom is -0.436 e. The van der Waals surface area contributed by atoms with Gasteiger partial charge in [-0.05, 0) is 19.4 Å². The second-order valence-corrected chi connectivity index (χ2v) is 3.60. The van der Waals surface area contributed by atoms with Gasteiger partial charge in [0.1, 0.15) is 0 Å². The van der Waals surface area contributed by atoms with Gasteiger partial charge in [0.25, 0.3) is 0 Å². The molecule has 1 N–H and O–H groups in total. The van der Waals surface area contributed by atoms with Crippen LogP contribution in [0, 0.1) is 0 Å². The van der Waals surface area contributed by atoms with Crippen LogP contribution in [0.3, 0.4) is 0 Å². The van der Waals surface area contributed by atoms with Crippen molar-refractivity contribution in [1.82, 2.24) is 10.3 Å². The molecule has 0 aromatic carbocycles. The summed E-state index contributed by atoms with van der Waals surface area (Å²) in [5, 5.41) is 3.10. The molecule has 84 valence electrons. The molecule has 0 saturated carbocycles. The molecule has 1 aromatic heterocycles. The Hall–Kier alpha value is -1.04. The van der Waals surface area contributed by atoms with Crippen LogP contribution in [-0.4, -0.2) is 18.1 Å². The maximum Gasteiger partial charge on any atom is 0.451 e. The first-order valence-electron chi connectivity index (χ1n) is 4.81. The van der Waals surface area contributed by atoms with Crippen LogP contribution >= 0.6 is 0 Å². The van der Waals surface area contributed by atoms with Crippen molar-refractivity contribution in [3.63, 3.8) is 0 Å². The Kier molecular flexibility index (Phi) is 2.68. The quantitative estimate of drug-likeness (QED) is 0.788. The third-order valence-corrected chi connectivity index (χ3v) is 2.45. The Bertz CT molecular complexity index is 328. The molecular formula is C9H11F3N2O. The fourth-order valence-electron chi connectivity index (χ4n) is 1.67. The summed E-state index contributed by atoms with van der Waals surface area (Å²) in [6.45, 7) is 1.54. The average Bonchev–Trinajstić information content (AvgIpc) is 2.67. The van der Waals surface area contributed by atoms with Gasteiger partial charge in [0, 0.05) is 12.5 Å². The lowest BCUT2D eigenvalue weighted by Gasteiger charge is -2.19. The Balaban J connectivity index is 2.12. The molecule has 0 spiro atoms. The van der Waals surface area contributed by atoms with Gasteiger partial charge in [-0.1, -0.05) is 0 Å². The van der Waals surface area contributed by atoms with E-state index < -0.39 is 11.9 Å². The van der Waals surface area contributed by atoms with Crippen LogP contribution in [0.2, 0.25) is 0 Å². The molecule has 1 unspecified atom stereocenters. The number of rotatable bonds is 1. The lowest BCUT2D eigenvalue weighted by atomic mass is 10.00. The first kappa shape index (κ1) is 10.5. The number of hydrogen-bond donors (Lipinski definition) is 1. The number of hydrogen-bond acceptors (Lipinski definition) is 3. The molecular weight excluding hydrogens is 209 g/mol. The smallest absolute Gasteiger partial charge is 0.436 e. The van der Waals surface area contributed by atoms with Crippen molar-refractivity contribution < 1.29 is 17.6 Å². The first-order valence-corrected chi connectivity index (χ1v) is 4.81. The highest BCUT2D eigenvalue weighted by atomic mass is 19.4. The summed E-state index contributed by atoms with van der Waals surface area (Å²) in [6, 6.07) is 0. The molecule has 0 radical (unpaired) electrons. The number of piperidine rings is 1.